The largest absolute Gasteiger partial charge is 0.457 e. The molecule has 2 atom stereocenters. The number of aromatic nitrogens is 2. The molecule has 2 aromatic carbocycles. The average molecular weight is 456 g/mol. The van der Waals surface area contributed by atoms with Gasteiger partial charge in [-0.05, 0) is 44.2 Å². The van der Waals surface area contributed by atoms with E-state index in [2.05, 4.69) is 5.10 Å². The summed E-state index contributed by atoms with van der Waals surface area (Å²) < 4.78 is 40.3. The first kappa shape index (κ1) is 22.2. The van der Waals surface area contributed by atoms with Crippen LogP contribution in [0.3, 0.4) is 0 Å². The molecule has 0 N–H and O–H groups in total. The van der Waals surface area contributed by atoms with E-state index < -0.39 is 16.0 Å². The fraction of sp³-hybridized carbons (Fsp3) is 0.304. The van der Waals surface area contributed by atoms with Crippen molar-refractivity contribution in [3.63, 3.8) is 0 Å². The van der Waals surface area contributed by atoms with E-state index in [9.17, 15) is 13.2 Å². The number of hydrogen-bond acceptors (Lipinski definition) is 6. The molecule has 1 aromatic heterocycles. The number of ether oxygens (including phenoxy) is 2. The summed E-state index contributed by atoms with van der Waals surface area (Å²) in [6, 6.07) is 15.5. The molecule has 32 heavy (non-hydrogen) atoms. The van der Waals surface area contributed by atoms with Crippen molar-refractivity contribution in [2.45, 2.75) is 37.6 Å². The van der Waals surface area contributed by atoms with Gasteiger partial charge in [-0.25, -0.2) is 17.9 Å². The minimum atomic E-state index is -3.75. The minimum Gasteiger partial charge on any atom is -0.457 e. The number of carbonyl (C=O) groups is 1. The summed E-state index contributed by atoms with van der Waals surface area (Å²) in [7, 11) is -3.75. The molecule has 0 radical (unpaired) electrons. The molecule has 168 valence electrons. The minimum absolute atomic E-state index is 0.0289. The molecule has 1 aliphatic heterocycles. The fourth-order valence-corrected chi connectivity index (χ4v) is 5.29. The molecule has 0 amide bonds. The number of carbonyl (C=O) groups excluding carboxylic acids is 1. The van der Waals surface area contributed by atoms with Crippen molar-refractivity contribution in [2.24, 2.45) is 0 Å². The second kappa shape index (κ2) is 9.23. The second-order valence-electron chi connectivity index (χ2n) is 7.81. The summed E-state index contributed by atoms with van der Waals surface area (Å²) >= 11 is 0. The van der Waals surface area contributed by atoms with Crippen molar-refractivity contribution in [1.29, 1.82) is 0 Å². The average Bonchev–Trinajstić information content (AvgIpc) is 3.26. The third-order valence-corrected chi connectivity index (χ3v) is 6.95. The molecule has 1 fully saturated rings. The van der Waals surface area contributed by atoms with E-state index in [-0.39, 0.29) is 42.4 Å². The van der Waals surface area contributed by atoms with Gasteiger partial charge < -0.3 is 9.47 Å². The number of nitrogens with zero attached hydrogens (tertiary/aromatic N) is 3. The van der Waals surface area contributed by atoms with Crippen molar-refractivity contribution in [2.75, 3.05) is 13.1 Å². The maximum Gasteiger partial charge on any atom is 0.338 e. The van der Waals surface area contributed by atoms with Crippen LogP contribution in [0.15, 0.2) is 71.9 Å². The Bertz CT molecular complexity index is 1180. The number of esters is 1. The van der Waals surface area contributed by atoms with Crippen molar-refractivity contribution in [3.05, 3.63) is 78.1 Å². The lowest BCUT2D eigenvalue weighted by Gasteiger charge is -2.34. The zero-order valence-corrected chi connectivity index (χ0v) is 18.7. The van der Waals surface area contributed by atoms with Crippen molar-refractivity contribution < 1.29 is 22.7 Å². The molecular formula is C23H25N3O5S. The molecular weight excluding hydrogens is 430 g/mol. The summed E-state index contributed by atoms with van der Waals surface area (Å²) in [6.45, 7) is 4.25. The highest BCUT2D eigenvalue weighted by Crippen LogP contribution is 2.22. The molecule has 2 unspecified atom stereocenters. The van der Waals surface area contributed by atoms with Gasteiger partial charge in [0.25, 0.3) is 0 Å². The van der Waals surface area contributed by atoms with Crippen LogP contribution >= 0.6 is 0 Å². The molecule has 3 aromatic rings. The van der Waals surface area contributed by atoms with E-state index in [0.717, 1.165) is 11.3 Å². The Balaban J connectivity index is 1.44. The molecule has 9 heteroatoms. The molecule has 0 saturated carbocycles. The van der Waals surface area contributed by atoms with Crippen LogP contribution in [0.4, 0.5) is 0 Å². The number of para-hydroxylation sites is 1. The van der Waals surface area contributed by atoms with Gasteiger partial charge >= 0.3 is 5.97 Å². The quantitative estimate of drug-likeness (QED) is 0.531. The first-order valence-electron chi connectivity index (χ1n) is 10.3. The standard InChI is InChI=1S/C23H25N3O5S/c1-17-13-25(14-18(2)31-17)32(28,29)22-10-6-7-20(11-22)23(27)30-16-19-12-24-26(15-19)21-8-4-3-5-9-21/h3-12,15,17-18H,13-14,16H2,1-2H3. The van der Waals surface area contributed by atoms with Crippen LogP contribution < -0.4 is 0 Å². The third-order valence-electron chi connectivity index (χ3n) is 5.12. The Morgan fingerprint density at radius 2 is 1.81 bits per heavy atom. The van der Waals surface area contributed by atoms with Gasteiger partial charge in [-0.2, -0.15) is 9.40 Å². The highest BCUT2D eigenvalue weighted by molar-refractivity contribution is 7.89. The summed E-state index contributed by atoms with van der Waals surface area (Å²) in [5.74, 6) is -0.599. The summed E-state index contributed by atoms with van der Waals surface area (Å²) in [4.78, 5) is 12.6. The lowest BCUT2D eigenvalue weighted by atomic mass is 10.2. The molecule has 4 rings (SSSR count). The summed E-state index contributed by atoms with van der Waals surface area (Å²) in [5.41, 5.74) is 1.80. The Morgan fingerprint density at radius 3 is 2.53 bits per heavy atom. The van der Waals surface area contributed by atoms with Gasteiger partial charge in [0, 0.05) is 24.8 Å². The number of hydrogen-bond donors (Lipinski definition) is 0. The van der Waals surface area contributed by atoms with Gasteiger partial charge in [0.05, 0.1) is 34.6 Å². The van der Waals surface area contributed by atoms with E-state index in [1.54, 1.807) is 29.2 Å². The van der Waals surface area contributed by atoms with Gasteiger partial charge in [0.1, 0.15) is 6.61 Å². The molecule has 8 nitrogen and oxygen atoms in total. The van der Waals surface area contributed by atoms with Gasteiger partial charge in [-0.1, -0.05) is 24.3 Å². The van der Waals surface area contributed by atoms with E-state index in [1.807, 2.05) is 44.2 Å². The topological polar surface area (TPSA) is 90.7 Å². The molecule has 1 aliphatic rings. The van der Waals surface area contributed by atoms with Crippen LogP contribution in [0.2, 0.25) is 0 Å². The molecule has 1 saturated heterocycles. The molecule has 0 aliphatic carbocycles. The predicted molar refractivity (Wildman–Crippen MR) is 118 cm³/mol. The molecule has 0 spiro atoms. The van der Waals surface area contributed by atoms with Crippen LogP contribution in [-0.4, -0.2) is 53.8 Å². The third kappa shape index (κ3) is 4.90. The molecule has 0 bridgehead atoms. The summed E-state index contributed by atoms with van der Waals surface area (Å²) in [6.07, 6.45) is 3.02. The van der Waals surface area contributed by atoms with Crippen molar-refractivity contribution in [3.8, 4) is 5.69 Å². The van der Waals surface area contributed by atoms with Crippen LogP contribution in [0.5, 0.6) is 0 Å². The lowest BCUT2D eigenvalue weighted by Crippen LogP contribution is -2.48. The van der Waals surface area contributed by atoms with Crippen LogP contribution in [0, 0.1) is 0 Å². The van der Waals surface area contributed by atoms with Crippen LogP contribution in [-0.2, 0) is 26.1 Å². The number of sulfonamides is 1. The van der Waals surface area contributed by atoms with Gasteiger partial charge in [0.2, 0.25) is 10.0 Å². The second-order valence-corrected chi connectivity index (χ2v) is 9.75. The monoisotopic (exact) mass is 455 g/mol. The Labute approximate surface area is 187 Å². The summed E-state index contributed by atoms with van der Waals surface area (Å²) in [5, 5.41) is 4.28. The van der Waals surface area contributed by atoms with Crippen molar-refractivity contribution in [1.82, 2.24) is 14.1 Å². The SMILES string of the molecule is CC1CN(S(=O)(=O)c2cccc(C(=O)OCc3cnn(-c4ccccc4)c3)c2)CC(C)O1. The Hall–Kier alpha value is -3.01. The smallest absolute Gasteiger partial charge is 0.338 e. The number of morpholine rings is 1. The number of benzene rings is 2. The van der Waals surface area contributed by atoms with E-state index in [0.29, 0.717) is 0 Å². The maximum atomic E-state index is 13.1. The van der Waals surface area contributed by atoms with Crippen LogP contribution in [0.1, 0.15) is 29.8 Å². The van der Waals surface area contributed by atoms with Gasteiger partial charge in [0.15, 0.2) is 0 Å². The predicted octanol–water partition coefficient (Wildman–Crippen LogP) is 3.03. The Morgan fingerprint density at radius 1 is 1.09 bits per heavy atom. The van der Waals surface area contributed by atoms with E-state index in [1.165, 1.54) is 16.4 Å². The normalized spacial score (nSPS) is 19.6. The highest BCUT2D eigenvalue weighted by atomic mass is 32.2. The fourth-order valence-electron chi connectivity index (χ4n) is 3.65. The zero-order chi connectivity index (χ0) is 22.7. The highest BCUT2D eigenvalue weighted by Gasteiger charge is 2.32. The van der Waals surface area contributed by atoms with Gasteiger partial charge in [-0.3, -0.25) is 0 Å². The van der Waals surface area contributed by atoms with Crippen LogP contribution in [0.25, 0.3) is 5.69 Å². The zero-order valence-electron chi connectivity index (χ0n) is 17.9. The maximum absolute atomic E-state index is 13.1. The van der Waals surface area contributed by atoms with Crippen molar-refractivity contribution >= 4 is 16.0 Å². The van der Waals surface area contributed by atoms with E-state index >= 15 is 0 Å². The lowest BCUT2D eigenvalue weighted by molar-refractivity contribution is -0.0440. The van der Waals surface area contributed by atoms with Gasteiger partial charge in [-0.15, -0.1) is 0 Å². The first-order chi connectivity index (χ1) is 15.3. The van der Waals surface area contributed by atoms with E-state index in [4.69, 9.17) is 9.47 Å². The Kier molecular flexibility index (Phi) is 6.40. The number of rotatable bonds is 6. The molecule has 2 heterocycles. The first-order valence-corrected chi connectivity index (χ1v) is 11.8.